The average molecular weight is 272 g/mol. The van der Waals surface area contributed by atoms with Crippen LogP contribution in [0.15, 0.2) is 29.3 Å². The molecule has 0 fully saturated rings. The molecule has 0 aliphatic heterocycles. The third-order valence-electron chi connectivity index (χ3n) is 1.62. The number of nitrogens with zero attached hydrogens (tertiary/aromatic N) is 1. The van der Waals surface area contributed by atoms with E-state index in [0.717, 1.165) is 18.7 Å². The van der Waals surface area contributed by atoms with Gasteiger partial charge in [0.2, 0.25) is 0 Å². The molecular weight excluding hydrogens is 246 g/mol. The van der Waals surface area contributed by atoms with Crippen LogP contribution in [0.2, 0.25) is 5.02 Å². The molecule has 1 aromatic rings. The van der Waals surface area contributed by atoms with E-state index in [1.807, 2.05) is 39.8 Å². The molecule has 0 amide bonds. The lowest BCUT2D eigenvalue weighted by Crippen LogP contribution is -2.22. The molecule has 0 heterocycles. The summed E-state index contributed by atoms with van der Waals surface area (Å²) >= 11 is 5.74. The number of anilines is 1. The van der Waals surface area contributed by atoms with Gasteiger partial charge in [-0.05, 0) is 30.7 Å². The first-order valence-corrected chi connectivity index (χ1v) is 6.92. The normalized spacial score (nSPS) is 9.56. The van der Waals surface area contributed by atoms with Gasteiger partial charge in [0.15, 0.2) is 5.96 Å². The van der Waals surface area contributed by atoms with Crippen molar-refractivity contribution in [3.63, 3.8) is 0 Å². The molecule has 3 N–H and O–H groups in total. The van der Waals surface area contributed by atoms with Crippen LogP contribution in [0.1, 0.15) is 41.0 Å². The zero-order valence-electron chi connectivity index (χ0n) is 12.1. The van der Waals surface area contributed by atoms with Crippen molar-refractivity contribution in [1.82, 2.24) is 0 Å². The number of nitrogens with one attached hydrogen (secondary N) is 1. The Morgan fingerprint density at radius 2 is 1.67 bits per heavy atom. The monoisotopic (exact) mass is 271 g/mol. The Balaban J connectivity index is 0. The SMILES string of the molecule is CC.CC.CCCN=C(N)Nc1ccc(Cl)cc1. The van der Waals surface area contributed by atoms with Gasteiger partial charge < -0.3 is 11.1 Å². The van der Waals surface area contributed by atoms with E-state index in [1.165, 1.54) is 0 Å². The van der Waals surface area contributed by atoms with Crippen molar-refractivity contribution < 1.29 is 0 Å². The Labute approximate surface area is 116 Å². The zero-order chi connectivity index (χ0) is 14.4. The standard InChI is InChI=1S/C10H14ClN3.2C2H6/c1-2-7-13-10(12)14-9-5-3-8(11)4-6-9;2*1-2/h3-6H,2,7H2,1H3,(H3,12,13,14);2*1-2H3. The lowest BCUT2D eigenvalue weighted by atomic mass is 10.3. The molecule has 3 nitrogen and oxygen atoms in total. The first kappa shape index (κ1) is 19.1. The third kappa shape index (κ3) is 9.97. The van der Waals surface area contributed by atoms with E-state index < -0.39 is 0 Å². The number of rotatable bonds is 3. The van der Waals surface area contributed by atoms with Crippen LogP contribution in [-0.2, 0) is 0 Å². The van der Waals surface area contributed by atoms with E-state index in [-0.39, 0.29) is 0 Å². The molecule has 0 spiro atoms. The Morgan fingerprint density at radius 3 is 2.11 bits per heavy atom. The fraction of sp³-hybridized carbons (Fsp3) is 0.500. The summed E-state index contributed by atoms with van der Waals surface area (Å²) in [5.41, 5.74) is 6.53. The Hall–Kier alpha value is -1.22. The molecule has 104 valence electrons. The average Bonchev–Trinajstić information content (AvgIpc) is 2.43. The molecular formula is C14H26ClN3. The summed E-state index contributed by atoms with van der Waals surface area (Å²) in [5, 5.41) is 3.68. The second-order valence-electron chi connectivity index (χ2n) is 2.90. The molecule has 0 radical (unpaired) electrons. The zero-order valence-corrected chi connectivity index (χ0v) is 12.9. The van der Waals surface area contributed by atoms with Crippen molar-refractivity contribution in [2.75, 3.05) is 11.9 Å². The Bertz CT molecular complexity index is 307. The highest BCUT2D eigenvalue weighted by Crippen LogP contribution is 2.12. The van der Waals surface area contributed by atoms with E-state index in [1.54, 1.807) is 12.1 Å². The largest absolute Gasteiger partial charge is 0.370 e. The summed E-state index contributed by atoms with van der Waals surface area (Å²) in [6, 6.07) is 7.32. The van der Waals surface area contributed by atoms with Gasteiger partial charge >= 0.3 is 0 Å². The maximum Gasteiger partial charge on any atom is 0.193 e. The second kappa shape index (κ2) is 13.8. The highest BCUT2D eigenvalue weighted by molar-refractivity contribution is 6.30. The van der Waals surface area contributed by atoms with Crippen LogP contribution in [0, 0.1) is 0 Å². The first-order chi connectivity index (χ1) is 8.72. The molecule has 0 aromatic heterocycles. The molecule has 1 rings (SSSR count). The van der Waals surface area contributed by atoms with Gasteiger partial charge in [-0.2, -0.15) is 0 Å². The number of hydrogen-bond donors (Lipinski definition) is 2. The Morgan fingerprint density at radius 1 is 1.17 bits per heavy atom. The predicted octanol–water partition coefficient (Wildman–Crippen LogP) is 4.53. The van der Waals surface area contributed by atoms with Gasteiger partial charge in [-0.15, -0.1) is 0 Å². The Kier molecular flexibility index (Phi) is 14.7. The van der Waals surface area contributed by atoms with Crippen LogP contribution in [-0.4, -0.2) is 12.5 Å². The number of hydrogen-bond acceptors (Lipinski definition) is 1. The summed E-state index contributed by atoms with van der Waals surface area (Å²) in [7, 11) is 0. The van der Waals surface area contributed by atoms with Gasteiger partial charge in [0.25, 0.3) is 0 Å². The topological polar surface area (TPSA) is 50.4 Å². The maximum absolute atomic E-state index is 5.74. The van der Waals surface area contributed by atoms with Gasteiger partial charge in [0, 0.05) is 17.3 Å². The predicted molar refractivity (Wildman–Crippen MR) is 84.6 cm³/mol. The molecule has 0 bridgehead atoms. The lowest BCUT2D eigenvalue weighted by molar-refractivity contribution is 0.929. The second-order valence-corrected chi connectivity index (χ2v) is 3.34. The molecule has 4 heteroatoms. The fourth-order valence-electron chi connectivity index (χ4n) is 0.953. The molecule has 0 saturated carbocycles. The molecule has 0 saturated heterocycles. The highest BCUT2D eigenvalue weighted by atomic mass is 35.5. The lowest BCUT2D eigenvalue weighted by Gasteiger charge is -2.04. The summed E-state index contributed by atoms with van der Waals surface area (Å²) in [6.45, 7) is 10.8. The van der Waals surface area contributed by atoms with E-state index >= 15 is 0 Å². The van der Waals surface area contributed by atoms with Crippen LogP contribution in [0.3, 0.4) is 0 Å². The fourth-order valence-corrected chi connectivity index (χ4v) is 1.08. The summed E-state index contributed by atoms with van der Waals surface area (Å²) < 4.78 is 0. The van der Waals surface area contributed by atoms with Crippen molar-refractivity contribution in [1.29, 1.82) is 0 Å². The van der Waals surface area contributed by atoms with Gasteiger partial charge in [-0.25, -0.2) is 0 Å². The molecule has 0 aliphatic carbocycles. The molecule has 18 heavy (non-hydrogen) atoms. The van der Waals surface area contributed by atoms with Crippen LogP contribution >= 0.6 is 11.6 Å². The number of halogens is 1. The van der Waals surface area contributed by atoms with Crippen LogP contribution in [0.25, 0.3) is 0 Å². The summed E-state index contributed by atoms with van der Waals surface area (Å²) in [6.07, 6.45) is 0.989. The van der Waals surface area contributed by atoms with Gasteiger partial charge in [-0.3, -0.25) is 4.99 Å². The van der Waals surface area contributed by atoms with E-state index in [0.29, 0.717) is 11.0 Å². The smallest absolute Gasteiger partial charge is 0.193 e. The van der Waals surface area contributed by atoms with Crippen molar-refractivity contribution in [3.8, 4) is 0 Å². The maximum atomic E-state index is 5.74. The molecule has 1 aromatic carbocycles. The molecule has 0 aliphatic rings. The third-order valence-corrected chi connectivity index (χ3v) is 1.87. The van der Waals surface area contributed by atoms with Crippen molar-refractivity contribution in [2.24, 2.45) is 10.7 Å². The number of benzene rings is 1. The van der Waals surface area contributed by atoms with E-state index in [4.69, 9.17) is 17.3 Å². The number of nitrogens with two attached hydrogens (primary N) is 1. The van der Waals surface area contributed by atoms with Crippen LogP contribution in [0.5, 0.6) is 0 Å². The van der Waals surface area contributed by atoms with E-state index in [9.17, 15) is 0 Å². The van der Waals surface area contributed by atoms with Crippen molar-refractivity contribution >= 4 is 23.2 Å². The van der Waals surface area contributed by atoms with Gasteiger partial charge in [0.05, 0.1) is 0 Å². The number of guanidine groups is 1. The minimum absolute atomic E-state index is 0.439. The molecule has 0 atom stereocenters. The van der Waals surface area contributed by atoms with Crippen molar-refractivity contribution in [3.05, 3.63) is 29.3 Å². The quantitative estimate of drug-likeness (QED) is 0.627. The van der Waals surface area contributed by atoms with Crippen LogP contribution < -0.4 is 11.1 Å². The van der Waals surface area contributed by atoms with Gasteiger partial charge in [0.1, 0.15) is 0 Å². The molecule has 0 unspecified atom stereocenters. The minimum atomic E-state index is 0.439. The van der Waals surface area contributed by atoms with Crippen LogP contribution in [0.4, 0.5) is 5.69 Å². The first-order valence-electron chi connectivity index (χ1n) is 6.55. The number of aliphatic imine (C=N–C) groups is 1. The van der Waals surface area contributed by atoms with Gasteiger partial charge in [-0.1, -0.05) is 46.2 Å². The van der Waals surface area contributed by atoms with Crippen molar-refractivity contribution in [2.45, 2.75) is 41.0 Å². The summed E-state index contributed by atoms with van der Waals surface area (Å²) in [5.74, 6) is 0.439. The van der Waals surface area contributed by atoms with E-state index in [2.05, 4.69) is 17.2 Å². The highest BCUT2D eigenvalue weighted by Gasteiger charge is 1.93. The summed E-state index contributed by atoms with van der Waals surface area (Å²) in [4.78, 5) is 4.11. The minimum Gasteiger partial charge on any atom is -0.370 e.